The van der Waals surface area contributed by atoms with Gasteiger partial charge in [0.15, 0.2) is 0 Å². The molecule has 3 unspecified atom stereocenters. The molecule has 2 N–H and O–H groups in total. The van der Waals surface area contributed by atoms with E-state index in [1.807, 2.05) is 6.07 Å². The summed E-state index contributed by atoms with van der Waals surface area (Å²) >= 11 is 0. The highest BCUT2D eigenvalue weighted by atomic mass is 16.3. The van der Waals surface area contributed by atoms with Gasteiger partial charge in [-0.15, -0.1) is 0 Å². The normalized spacial score (nSPS) is 23.3. The van der Waals surface area contributed by atoms with Gasteiger partial charge in [-0.25, -0.2) is 4.98 Å². The molecule has 3 rings (SSSR count). The van der Waals surface area contributed by atoms with E-state index in [0.29, 0.717) is 5.92 Å². The van der Waals surface area contributed by atoms with E-state index in [1.165, 1.54) is 24.8 Å². The van der Waals surface area contributed by atoms with E-state index in [0.717, 1.165) is 37.1 Å². The Morgan fingerprint density at radius 2 is 2.09 bits per heavy atom. The van der Waals surface area contributed by atoms with Gasteiger partial charge < -0.3 is 15.0 Å². The zero-order valence-corrected chi connectivity index (χ0v) is 14.3. The van der Waals surface area contributed by atoms with Gasteiger partial charge in [0.1, 0.15) is 5.82 Å². The predicted octanol–water partition coefficient (Wildman–Crippen LogP) is 3.56. The van der Waals surface area contributed by atoms with Crippen LogP contribution in [0.3, 0.4) is 0 Å². The lowest BCUT2D eigenvalue weighted by molar-refractivity contribution is 0.0642. The van der Waals surface area contributed by atoms with Gasteiger partial charge in [-0.05, 0) is 57.2 Å². The third-order valence-corrected chi connectivity index (χ3v) is 5.28. The van der Waals surface area contributed by atoms with E-state index in [1.54, 1.807) is 0 Å². The standard InChI is InChI=1S/C19H29N3O/c1-14(19-21-16-10-4-5-11-17(16)22(19)2)20-13-7-9-15-8-3-6-12-18(15)23/h4-5,10-11,14-15,18,20,23H,3,6-9,12-13H2,1-2H3. The summed E-state index contributed by atoms with van der Waals surface area (Å²) in [5, 5.41) is 13.6. The van der Waals surface area contributed by atoms with Crippen LogP contribution < -0.4 is 5.32 Å². The molecule has 1 heterocycles. The number of rotatable bonds is 6. The van der Waals surface area contributed by atoms with Crippen molar-refractivity contribution in [3.05, 3.63) is 30.1 Å². The Morgan fingerprint density at radius 3 is 2.87 bits per heavy atom. The summed E-state index contributed by atoms with van der Waals surface area (Å²) in [4.78, 5) is 4.75. The van der Waals surface area contributed by atoms with Crippen molar-refractivity contribution in [3.8, 4) is 0 Å². The Bertz CT molecular complexity index is 637. The van der Waals surface area contributed by atoms with Gasteiger partial charge in [0, 0.05) is 7.05 Å². The van der Waals surface area contributed by atoms with Crippen LogP contribution in [-0.4, -0.2) is 27.3 Å². The summed E-state index contributed by atoms with van der Waals surface area (Å²) in [6, 6.07) is 8.51. The average molecular weight is 315 g/mol. The summed E-state index contributed by atoms with van der Waals surface area (Å²) in [5.41, 5.74) is 2.24. The molecule has 1 saturated carbocycles. The molecule has 1 aromatic carbocycles. The predicted molar refractivity (Wildman–Crippen MR) is 94.3 cm³/mol. The number of benzene rings is 1. The second kappa shape index (κ2) is 7.45. The lowest BCUT2D eigenvalue weighted by atomic mass is 9.83. The molecular weight excluding hydrogens is 286 g/mol. The number of aliphatic hydroxyl groups is 1. The summed E-state index contributed by atoms with van der Waals surface area (Å²) in [6.45, 7) is 3.16. The molecule has 1 aromatic heterocycles. The first-order valence-electron chi connectivity index (χ1n) is 8.99. The molecule has 0 spiro atoms. The van der Waals surface area contributed by atoms with Crippen molar-refractivity contribution in [1.82, 2.24) is 14.9 Å². The summed E-state index contributed by atoms with van der Waals surface area (Å²) in [6.07, 6.45) is 6.85. The van der Waals surface area contributed by atoms with Crippen molar-refractivity contribution in [2.45, 2.75) is 57.6 Å². The van der Waals surface area contributed by atoms with Crippen LogP contribution in [0.15, 0.2) is 24.3 Å². The molecule has 23 heavy (non-hydrogen) atoms. The lowest BCUT2D eigenvalue weighted by Gasteiger charge is -2.27. The molecule has 1 fully saturated rings. The highest BCUT2D eigenvalue weighted by molar-refractivity contribution is 5.75. The molecule has 126 valence electrons. The SMILES string of the molecule is CC(NCCCC1CCCCC1O)c1nc2ccccc2n1C. The van der Waals surface area contributed by atoms with Crippen molar-refractivity contribution >= 4 is 11.0 Å². The number of aliphatic hydroxyl groups excluding tert-OH is 1. The number of para-hydroxylation sites is 2. The molecule has 0 saturated heterocycles. The van der Waals surface area contributed by atoms with E-state index in [9.17, 15) is 5.11 Å². The molecule has 4 heteroatoms. The van der Waals surface area contributed by atoms with Crippen molar-refractivity contribution in [3.63, 3.8) is 0 Å². The third-order valence-electron chi connectivity index (χ3n) is 5.28. The van der Waals surface area contributed by atoms with Crippen molar-refractivity contribution in [2.24, 2.45) is 13.0 Å². The van der Waals surface area contributed by atoms with Crippen LogP contribution in [0.4, 0.5) is 0 Å². The number of nitrogens with zero attached hydrogens (tertiary/aromatic N) is 2. The fraction of sp³-hybridized carbons (Fsp3) is 0.632. The van der Waals surface area contributed by atoms with Crippen LogP contribution in [-0.2, 0) is 7.05 Å². The maximum absolute atomic E-state index is 10.0. The lowest BCUT2D eigenvalue weighted by Crippen LogP contribution is -2.27. The van der Waals surface area contributed by atoms with Crippen LogP contribution in [0.2, 0.25) is 0 Å². The highest BCUT2D eigenvalue weighted by Crippen LogP contribution is 2.27. The van der Waals surface area contributed by atoms with Crippen molar-refractivity contribution in [1.29, 1.82) is 0 Å². The number of nitrogens with one attached hydrogen (secondary N) is 1. The maximum Gasteiger partial charge on any atom is 0.126 e. The number of hydrogen-bond donors (Lipinski definition) is 2. The molecule has 1 aliphatic rings. The molecule has 4 nitrogen and oxygen atoms in total. The van der Waals surface area contributed by atoms with Crippen molar-refractivity contribution < 1.29 is 5.11 Å². The molecule has 2 aromatic rings. The van der Waals surface area contributed by atoms with Gasteiger partial charge >= 0.3 is 0 Å². The van der Waals surface area contributed by atoms with Crippen molar-refractivity contribution in [2.75, 3.05) is 6.54 Å². The van der Waals surface area contributed by atoms with Crippen LogP contribution in [0, 0.1) is 5.92 Å². The Kier molecular flexibility index (Phi) is 5.34. The fourth-order valence-electron chi connectivity index (χ4n) is 3.85. The second-order valence-corrected chi connectivity index (χ2v) is 6.95. The van der Waals surface area contributed by atoms with Gasteiger partial charge in [-0.3, -0.25) is 0 Å². The zero-order valence-electron chi connectivity index (χ0n) is 14.3. The topological polar surface area (TPSA) is 50.1 Å². The minimum atomic E-state index is -0.0685. The van der Waals surface area contributed by atoms with E-state index >= 15 is 0 Å². The molecule has 0 amide bonds. The number of aromatic nitrogens is 2. The van der Waals surface area contributed by atoms with Gasteiger partial charge in [-0.2, -0.15) is 0 Å². The molecule has 1 aliphatic carbocycles. The Morgan fingerprint density at radius 1 is 1.30 bits per heavy atom. The largest absolute Gasteiger partial charge is 0.393 e. The smallest absolute Gasteiger partial charge is 0.126 e. The molecule has 3 atom stereocenters. The first kappa shape index (κ1) is 16.5. The highest BCUT2D eigenvalue weighted by Gasteiger charge is 2.22. The molecular formula is C19H29N3O. The van der Waals surface area contributed by atoms with E-state index in [-0.39, 0.29) is 12.1 Å². The molecule has 0 radical (unpaired) electrons. The second-order valence-electron chi connectivity index (χ2n) is 6.95. The third kappa shape index (κ3) is 3.75. The monoisotopic (exact) mass is 315 g/mol. The van der Waals surface area contributed by atoms with Gasteiger partial charge in [0.2, 0.25) is 0 Å². The average Bonchev–Trinajstić information content (AvgIpc) is 2.90. The van der Waals surface area contributed by atoms with E-state index in [4.69, 9.17) is 4.98 Å². The van der Waals surface area contributed by atoms with Crippen LogP contribution in [0.1, 0.15) is 57.3 Å². The number of fused-ring (bicyclic) bond motifs is 1. The van der Waals surface area contributed by atoms with Crippen LogP contribution >= 0.6 is 0 Å². The minimum absolute atomic E-state index is 0.0685. The quantitative estimate of drug-likeness (QED) is 0.802. The van der Waals surface area contributed by atoms with Gasteiger partial charge in [0.25, 0.3) is 0 Å². The Labute approximate surface area is 138 Å². The number of imidazole rings is 1. The maximum atomic E-state index is 10.0. The first-order chi connectivity index (χ1) is 11.2. The van der Waals surface area contributed by atoms with Gasteiger partial charge in [0.05, 0.1) is 23.2 Å². The summed E-state index contributed by atoms with van der Waals surface area (Å²) < 4.78 is 2.18. The molecule has 0 bridgehead atoms. The Hall–Kier alpha value is -1.39. The number of aryl methyl sites for hydroxylation is 1. The number of hydrogen-bond acceptors (Lipinski definition) is 3. The zero-order chi connectivity index (χ0) is 16.2. The fourth-order valence-corrected chi connectivity index (χ4v) is 3.85. The van der Waals surface area contributed by atoms with Crippen LogP contribution in [0.5, 0.6) is 0 Å². The van der Waals surface area contributed by atoms with E-state index < -0.39 is 0 Å². The van der Waals surface area contributed by atoms with Crippen LogP contribution in [0.25, 0.3) is 11.0 Å². The minimum Gasteiger partial charge on any atom is -0.393 e. The molecule has 0 aliphatic heterocycles. The van der Waals surface area contributed by atoms with Gasteiger partial charge in [-0.1, -0.05) is 25.0 Å². The first-order valence-corrected chi connectivity index (χ1v) is 8.99. The van der Waals surface area contributed by atoms with E-state index in [2.05, 4.69) is 42.1 Å². The Balaban J connectivity index is 1.50. The summed E-state index contributed by atoms with van der Waals surface area (Å²) in [5.74, 6) is 1.60. The summed E-state index contributed by atoms with van der Waals surface area (Å²) in [7, 11) is 2.08.